The van der Waals surface area contributed by atoms with Gasteiger partial charge in [0.25, 0.3) is 0 Å². The van der Waals surface area contributed by atoms with Crippen LogP contribution in [0, 0.1) is 5.82 Å². The first-order valence-corrected chi connectivity index (χ1v) is 6.87. The smallest absolute Gasteiger partial charge is 0.312 e. The summed E-state index contributed by atoms with van der Waals surface area (Å²) in [6, 6.07) is 2.20. The number of imidazole rings is 1. The fraction of sp³-hybridized carbons (Fsp3) is 0.333. The number of nitrogens with zero attached hydrogens (tertiary/aromatic N) is 2. The van der Waals surface area contributed by atoms with E-state index in [9.17, 15) is 9.18 Å². The van der Waals surface area contributed by atoms with Crippen LogP contribution < -0.4 is 11.1 Å². The number of nitrogens with two attached hydrogens (primary N) is 1. The van der Waals surface area contributed by atoms with Gasteiger partial charge in [-0.3, -0.25) is 0 Å². The number of carbonyl (C=O) groups is 1. The van der Waals surface area contributed by atoms with Crippen molar-refractivity contribution in [2.45, 2.75) is 13.0 Å². The van der Waals surface area contributed by atoms with Crippen LogP contribution in [0.15, 0.2) is 12.1 Å². The zero-order chi connectivity index (χ0) is 14.7. The van der Waals surface area contributed by atoms with E-state index in [4.69, 9.17) is 28.9 Å². The molecule has 2 rings (SSSR count). The molecule has 0 atom stereocenters. The zero-order valence-electron chi connectivity index (χ0n) is 10.5. The van der Waals surface area contributed by atoms with Gasteiger partial charge in [0.15, 0.2) is 0 Å². The second-order valence-corrected chi connectivity index (χ2v) is 4.95. The van der Waals surface area contributed by atoms with Gasteiger partial charge in [-0.15, -0.1) is 11.6 Å². The summed E-state index contributed by atoms with van der Waals surface area (Å²) in [6.45, 7) is 0.790. The molecule has 2 aromatic rings. The number of fused-ring (bicyclic) bond motifs is 1. The number of rotatable bonds is 5. The molecule has 1 aromatic carbocycles. The first kappa shape index (κ1) is 14.9. The average molecular weight is 319 g/mol. The number of aromatic nitrogens is 2. The van der Waals surface area contributed by atoms with Gasteiger partial charge in [-0.2, -0.15) is 0 Å². The first-order chi connectivity index (χ1) is 9.52. The molecule has 1 heterocycles. The molecule has 0 bridgehead atoms. The van der Waals surface area contributed by atoms with Gasteiger partial charge in [0.2, 0.25) is 0 Å². The van der Waals surface area contributed by atoms with Crippen molar-refractivity contribution in [3.8, 4) is 0 Å². The van der Waals surface area contributed by atoms with Crippen LogP contribution in [0.3, 0.4) is 0 Å². The van der Waals surface area contributed by atoms with Crippen LogP contribution in [0.4, 0.5) is 9.18 Å². The molecule has 0 saturated heterocycles. The number of hydrogen-bond donors (Lipinski definition) is 2. The highest BCUT2D eigenvalue weighted by Crippen LogP contribution is 2.24. The Morgan fingerprint density at radius 1 is 1.50 bits per heavy atom. The quantitative estimate of drug-likeness (QED) is 0.830. The van der Waals surface area contributed by atoms with Crippen LogP contribution in [-0.2, 0) is 13.0 Å². The number of benzene rings is 1. The van der Waals surface area contributed by atoms with E-state index in [1.807, 2.05) is 4.57 Å². The summed E-state index contributed by atoms with van der Waals surface area (Å²) >= 11 is 11.5. The Bertz CT molecular complexity index is 644. The number of urea groups is 1. The fourth-order valence-corrected chi connectivity index (χ4v) is 2.31. The van der Waals surface area contributed by atoms with Gasteiger partial charge in [0.05, 0.1) is 16.1 Å². The summed E-state index contributed by atoms with van der Waals surface area (Å²) in [4.78, 5) is 15.0. The Labute approximate surface area is 124 Å². The van der Waals surface area contributed by atoms with Crippen molar-refractivity contribution in [2.75, 3.05) is 12.4 Å². The van der Waals surface area contributed by atoms with Gasteiger partial charge < -0.3 is 15.6 Å². The van der Waals surface area contributed by atoms with E-state index in [1.54, 1.807) is 0 Å². The lowest BCUT2D eigenvalue weighted by Crippen LogP contribution is -2.32. The van der Waals surface area contributed by atoms with Crippen LogP contribution in [-0.4, -0.2) is 28.0 Å². The van der Waals surface area contributed by atoms with Crippen LogP contribution in [0.2, 0.25) is 5.02 Å². The molecule has 5 nitrogen and oxygen atoms in total. The Morgan fingerprint density at radius 3 is 2.90 bits per heavy atom. The maximum Gasteiger partial charge on any atom is 0.312 e. The topological polar surface area (TPSA) is 72.9 Å². The second-order valence-electron chi connectivity index (χ2n) is 4.16. The van der Waals surface area contributed by atoms with Crippen molar-refractivity contribution in [1.82, 2.24) is 14.9 Å². The van der Waals surface area contributed by atoms with Crippen molar-refractivity contribution >= 4 is 40.3 Å². The first-order valence-electron chi connectivity index (χ1n) is 5.96. The van der Waals surface area contributed by atoms with E-state index in [0.29, 0.717) is 42.2 Å². The number of nitrogens with one attached hydrogen (secondary N) is 1. The molecule has 0 saturated carbocycles. The number of amides is 2. The van der Waals surface area contributed by atoms with E-state index in [0.717, 1.165) is 0 Å². The van der Waals surface area contributed by atoms with Crippen molar-refractivity contribution in [2.24, 2.45) is 5.73 Å². The standard InChI is InChI=1S/C12H13Cl2FN4O/c13-2-1-11-18-9-6-8(15)7(14)5-10(9)19(11)4-3-17-12(16)20/h5-6H,1-4H2,(H3,16,17,20). The Hall–Kier alpha value is -1.53. The largest absolute Gasteiger partial charge is 0.352 e. The van der Waals surface area contributed by atoms with E-state index in [-0.39, 0.29) is 5.02 Å². The summed E-state index contributed by atoms with van der Waals surface area (Å²) in [5.41, 5.74) is 6.22. The highest BCUT2D eigenvalue weighted by molar-refractivity contribution is 6.31. The minimum atomic E-state index is -0.600. The van der Waals surface area contributed by atoms with E-state index >= 15 is 0 Å². The zero-order valence-corrected chi connectivity index (χ0v) is 12.0. The minimum absolute atomic E-state index is 0.0268. The molecule has 0 spiro atoms. The normalized spacial score (nSPS) is 10.9. The summed E-state index contributed by atoms with van der Waals surface area (Å²) in [5, 5.41) is 2.52. The molecule has 8 heteroatoms. The molecule has 0 aliphatic rings. The molecule has 0 unspecified atom stereocenters. The van der Waals surface area contributed by atoms with Crippen molar-refractivity contribution in [3.05, 3.63) is 28.8 Å². The minimum Gasteiger partial charge on any atom is -0.352 e. The van der Waals surface area contributed by atoms with Gasteiger partial charge >= 0.3 is 6.03 Å². The molecule has 0 aliphatic carbocycles. The molecule has 108 valence electrons. The van der Waals surface area contributed by atoms with Crippen LogP contribution in [0.25, 0.3) is 11.0 Å². The number of halogens is 3. The third-order valence-electron chi connectivity index (χ3n) is 2.82. The Balaban J connectivity index is 2.39. The molecular formula is C12H13Cl2FN4O. The van der Waals surface area contributed by atoms with Crippen LogP contribution in [0.1, 0.15) is 5.82 Å². The molecular weight excluding hydrogens is 306 g/mol. The van der Waals surface area contributed by atoms with Crippen molar-refractivity contribution in [3.63, 3.8) is 0 Å². The maximum absolute atomic E-state index is 13.5. The third kappa shape index (κ3) is 3.13. The molecule has 0 fully saturated rings. The Morgan fingerprint density at radius 2 is 2.25 bits per heavy atom. The summed E-state index contributed by atoms with van der Waals surface area (Å²) in [5.74, 6) is 0.586. The fourth-order valence-electron chi connectivity index (χ4n) is 1.99. The number of hydrogen-bond acceptors (Lipinski definition) is 2. The van der Waals surface area contributed by atoms with Gasteiger partial charge in [-0.05, 0) is 6.07 Å². The van der Waals surface area contributed by atoms with Gasteiger partial charge in [-0.1, -0.05) is 11.6 Å². The lowest BCUT2D eigenvalue weighted by atomic mass is 10.3. The highest BCUT2D eigenvalue weighted by atomic mass is 35.5. The lowest BCUT2D eigenvalue weighted by Gasteiger charge is -2.09. The van der Waals surface area contributed by atoms with E-state index < -0.39 is 11.8 Å². The molecule has 0 aliphatic heterocycles. The summed E-state index contributed by atoms with van der Waals surface area (Å²) < 4.78 is 15.3. The summed E-state index contributed by atoms with van der Waals surface area (Å²) in [7, 11) is 0. The predicted molar refractivity (Wildman–Crippen MR) is 76.7 cm³/mol. The summed E-state index contributed by atoms with van der Waals surface area (Å²) in [6.07, 6.45) is 0.534. The van der Waals surface area contributed by atoms with E-state index in [2.05, 4.69) is 10.3 Å². The molecule has 2 amide bonds. The van der Waals surface area contributed by atoms with E-state index in [1.165, 1.54) is 12.1 Å². The number of aryl methyl sites for hydroxylation is 1. The third-order valence-corrected chi connectivity index (χ3v) is 3.30. The Kier molecular flexibility index (Phi) is 4.67. The molecule has 20 heavy (non-hydrogen) atoms. The number of primary amides is 1. The average Bonchev–Trinajstić information content (AvgIpc) is 2.68. The van der Waals surface area contributed by atoms with Gasteiger partial charge in [0.1, 0.15) is 11.6 Å². The van der Waals surface area contributed by atoms with Gasteiger partial charge in [-0.25, -0.2) is 14.2 Å². The maximum atomic E-state index is 13.5. The van der Waals surface area contributed by atoms with Crippen molar-refractivity contribution in [1.29, 1.82) is 0 Å². The number of alkyl halides is 1. The molecule has 3 N–H and O–H groups in total. The molecule has 0 radical (unpaired) electrons. The van der Waals surface area contributed by atoms with Crippen molar-refractivity contribution < 1.29 is 9.18 Å². The molecule has 1 aromatic heterocycles. The lowest BCUT2D eigenvalue weighted by molar-refractivity contribution is 0.248. The van der Waals surface area contributed by atoms with Crippen LogP contribution in [0.5, 0.6) is 0 Å². The highest BCUT2D eigenvalue weighted by Gasteiger charge is 2.13. The second kappa shape index (κ2) is 6.28. The SMILES string of the molecule is NC(=O)NCCn1c(CCCl)nc2cc(F)c(Cl)cc21. The number of carbonyl (C=O) groups excluding carboxylic acids is 1. The predicted octanol–water partition coefficient (Wildman–Crippen LogP) is 2.28. The van der Waals surface area contributed by atoms with Crippen LogP contribution >= 0.6 is 23.2 Å². The monoisotopic (exact) mass is 318 g/mol. The van der Waals surface area contributed by atoms with Gasteiger partial charge in [0, 0.05) is 31.5 Å².